The Hall–Kier alpha value is -0.770. The normalized spacial score (nSPS) is 23.3. The standard InChI is InChI=1S/C7H14N2O2/c1-9(2)7(10)8-6-3-4-11-5-6/h6H,3-5H2,1-2H3,(H,8,10). The summed E-state index contributed by atoms with van der Waals surface area (Å²) in [5.74, 6) is 0. The fourth-order valence-electron chi connectivity index (χ4n) is 0.952. The highest BCUT2D eigenvalue weighted by Crippen LogP contribution is 2.02. The third-order valence-corrected chi connectivity index (χ3v) is 1.66. The lowest BCUT2D eigenvalue weighted by Crippen LogP contribution is -2.41. The zero-order chi connectivity index (χ0) is 8.27. The number of hydrogen-bond donors (Lipinski definition) is 1. The van der Waals surface area contributed by atoms with Crippen molar-refractivity contribution in [2.24, 2.45) is 0 Å². The van der Waals surface area contributed by atoms with Gasteiger partial charge in [0.25, 0.3) is 0 Å². The largest absolute Gasteiger partial charge is 0.379 e. The van der Waals surface area contributed by atoms with Crippen LogP contribution in [-0.4, -0.2) is 44.3 Å². The van der Waals surface area contributed by atoms with E-state index in [-0.39, 0.29) is 12.1 Å². The van der Waals surface area contributed by atoms with Crippen molar-refractivity contribution in [2.45, 2.75) is 12.5 Å². The van der Waals surface area contributed by atoms with Gasteiger partial charge in [-0.15, -0.1) is 0 Å². The van der Waals surface area contributed by atoms with Gasteiger partial charge in [-0.2, -0.15) is 0 Å². The molecule has 2 amide bonds. The Morgan fingerprint density at radius 1 is 1.64 bits per heavy atom. The third-order valence-electron chi connectivity index (χ3n) is 1.66. The van der Waals surface area contributed by atoms with E-state index in [0.717, 1.165) is 13.0 Å². The minimum atomic E-state index is -0.0412. The molecule has 1 aliphatic heterocycles. The minimum Gasteiger partial charge on any atom is -0.379 e. The number of amides is 2. The van der Waals surface area contributed by atoms with Crippen LogP contribution < -0.4 is 5.32 Å². The van der Waals surface area contributed by atoms with Gasteiger partial charge in [0, 0.05) is 20.7 Å². The van der Waals surface area contributed by atoms with E-state index >= 15 is 0 Å². The van der Waals surface area contributed by atoms with Crippen LogP contribution in [0, 0.1) is 0 Å². The molecule has 0 radical (unpaired) electrons. The summed E-state index contributed by atoms with van der Waals surface area (Å²) >= 11 is 0. The van der Waals surface area contributed by atoms with Gasteiger partial charge in [0.05, 0.1) is 12.6 Å². The van der Waals surface area contributed by atoms with Gasteiger partial charge >= 0.3 is 6.03 Å². The molecule has 0 saturated carbocycles. The van der Waals surface area contributed by atoms with Crippen molar-refractivity contribution < 1.29 is 9.53 Å². The van der Waals surface area contributed by atoms with E-state index in [1.807, 2.05) is 0 Å². The molecule has 4 nitrogen and oxygen atoms in total. The van der Waals surface area contributed by atoms with Crippen molar-refractivity contribution in [1.29, 1.82) is 0 Å². The van der Waals surface area contributed by atoms with E-state index in [9.17, 15) is 4.79 Å². The summed E-state index contributed by atoms with van der Waals surface area (Å²) in [5, 5.41) is 2.84. The molecule has 1 heterocycles. The van der Waals surface area contributed by atoms with Crippen molar-refractivity contribution in [1.82, 2.24) is 10.2 Å². The van der Waals surface area contributed by atoms with Gasteiger partial charge in [-0.25, -0.2) is 4.79 Å². The summed E-state index contributed by atoms with van der Waals surface area (Å²) in [6, 6.07) is 0.172. The van der Waals surface area contributed by atoms with Crippen molar-refractivity contribution in [2.75, 3.05) is 27.3 Å². The molecule has 0 spiro atoms. The zero-order valence-corrected chi connectivity index (χ0v) is 6.96. The number of nitrogens with one attached hydrogen (secondary N) is 1. The van der Waals surface area contributed by atoms with Gasteiger partial charge < -0.3 is 15.0 Å². The van der Waals surface area contributed by atoms with Crippen LogP contribution in [0.4, 0.5) is 4.79 Å². The summed E-state index contributed by atoms with van der Waals surface area (Å²) in [4.78, 5) is 12.6. The number of rotatable bonds is 1. The molecule has 1 unspecified atom stereocenters. The Bertz CT molecular complexity index is 141. The first kappa shape index (κ1) is 8.33. The van der Waals surface area contributed by atoms with Crippen molar-refractivity contribution in [3.8, 4) is 0 Å². The van der Waals surface area contributed by atoms with E-state index < -0.39 is 0 Å². The molecule has 0 aromatic heterocycles. The highest BCUT2D eigenvalue weighted by atomic mass is 16.5. The highest BCUT2D eigenvalue weighted by Gasteiger charge is 2.17. The molecule has 1 saturated heterocycles. The fraction of sp³-hybridized carbons (Fsp3) is 0.857. The number of hydrogen-bond acceptors (Lipinski definition) is 2. The van der Waals surface area contributed by atoms with Gasteiger partial charge in [-0.3, -0.25) is 0 Å². The molecular formula is C7H14N2O2. The number of nitrogens with zero attached hydrogens (tertiary/aromatic N) is 1. The van der Waals surface area contributed by atoms with E-state index in [0.29, 0.717) is 6.61 Å². The predicted molar refractivity (Wildman–Crippen MR) is 41.4 cm³/mol. The summed E-state index contributed by atoms with van der Waals surface area (Å²) in [6.07, 6.45) is 0.930. The van der Waals surface area contributed by atoms with Gasteiger partial charge in [0.2, 0.25) is 0 Å². The fourth-order valence-corrected chi connectivity index (χ4v) is 0.952. The molecule has 0 aromatic carbocycles. The molecule has 0 aromatic rings. The Labute approximate surface area is 66.5 Å². The van der Waals surface area contributed by atoms with Crippen LogP contribution in [0.5, 0.6) is 0 Å². The lowest BCUT2D eigenvalue weighted by molar-refractivity contribution is 0.184. The monoisotopic (exact) mass is 158 g/mol. The molecule has 64 valence electrons. The third kappa shape index (κ3) is 2.38. The Kier molecular flexibility index (Phi) is 2.70. The molecule has 0 bridgehead atoms. The Morgan fingerprint density at radius 3 is 2.82 bits per heavy atom. The minimum absolute atomic E-state index is 0.0412. The topological polar surface area (TPSA) is 41.6 Å². The molecule has 11 heavy (non-hydrogen) atoms. The van der Waals surface area contributed by atoms with E-state index in [1.165, 1.54) is 4.90 Å². The lowest BCUT2D eigenvalue weighted by atomic mass is 10.3. The van der Waals surface area contributed by atoms with Crippen molar-refractivity contribution in [3.63, 3.8) is 0 Å². The molecule has 1 aliphatic rings. The van der Waals surface area contributed by atoms with E-state index in [1.54, 1.807) is 14.1 Å². The van der Waals surface area contributed by atoms with Crippen LogP contribution in [0.1, 0.15) is 6.42 Å². The van der Waals surface area contributed by atoms with Crippen molar-refractivity contribution in [3.05, 3.63) is 0 Å². The molecule has 1 fully saturated rings. The predicted octanol–water partition coefficient (Wildman–Crippen LogP) is 0.0465. The van der Waals surface area contributed by atoms with Gasteiger partial charge in [0.1, 0.15) is 0 Å². The van der Waals surface area contributed by atoms with Gasteiger partial charge in [-0.05, 0) is 6.42 Å². The van der Waals surface area contributed by atoms with Crippen LogP contribution in [0.2, 0.25) is 0 Å². The highest BCUT2D eigenvalue weighted by molar-refractivity contribution is 5.73. The molecule has 0 aliphatic carbocycles. The quantitative estimate of drug-likeness (QED) is 0.585. The maximum atomic E-state index is 11.1. The number of carbonyl (C=O) groups excluding carboxylic acids is 1. The summed E-state index contributed by atoms with van der Waals surface area (Å²) in [7, 11) is 3.45. The summed E-state index contributed by atoms with van der Waals surface area (Å²) < 4.78 is 5.10. The lowest BCUT2D eigenvalue weighted by Gasteiger charge is -2.15. The van der Waals surface area contributed by atoms with E-state index in [2.05, 4.69) is 5.32 Å². The first-order chi connectivity index (χ1) is 5.20. The Morgan fingerprint density at radius 2 is 2.36 bits per heavy atom. The van der Waals surface area contributed by atoms with Crippen LogP contribution in [0.15, 0.2) is 0 Å². The smallest absolute Gasteiger partial charge is 0.317 e. The van der Waals surface area contributed by atoms with Gasteiger partial charge in [0.15, 0.2) is 0 Å². The molecule has 1 N–H and O–H groups in total. The average molecular weight is 158 g/mol. The maximum absolute atomic E-state index is 11.1. The molecule has 1 atom stereocenters. The first-order valence-electron chi connectivity index (χ1n) is 3.75. The zero-order valence-electron chi connectivity index (χ0n) is 6.96. The number of carbonyl (C=O) groups is 1. The number of urea groups is 1. The summed E-state index contributed by atoms with van der Waals surface area (Å²) in [5.41, 5.74) is 0. The van der Waals surface area contributed by atoms with Crippen LogP contribution in [-0.2, 0) is 4.74 Å². The number of ether oxygens (including phenoxy) is 1. The SMILES string of the molecule is CN(C)C(=O)NC1CCOC1. The summed E-state index contributed by atoms with van der Waals surface area (Å²) in [6.45, 7) is 1.41. The van der Waals surface area contributed by atoms with Crippen LogP contribution >= 0.6 is 0 Å². The van der Waals surface area contributed by atoms with Crippen LogP contribution in [0.25, 0.3) is 0 Å². The van der Waals surface area contributed by atoms with Gasteiger partial charge in [-0.1, -0.05) is 0 Å². The van der Waals surface area contributed by atoms with Crippen molar-refractivity contribution >= 4 is 6.03 Å². The molecular weight excluding hydrogens is 144 g/mol. The molecule has 4 heteroatoms. The second-order valence-corrected chi connectivity index (χ2v) is 2.90. The first-order valence-corrected chi connectivity index (χ1v) is 3.75. The van der Waals surface area contributed by atoms with Crippen LogP contribution in [0.3, 0.4) is 0 Å². The second-order valence-electron chi connectivity index (χ2n) is 2.90. The van der Waals surface area contributed by atoms with E-state index in [4.69, 9.17) is 4.74 Å². The average Bonchev–Trinajstić information content (AvgIpc) is 2.39. The molecule has 1 rings (SSSR count). The Balaban J connectivity index is 2.24. The maximum Gasteiger partial charge on any atom is 0.317 e. The second kappa shape index (κ2) is 3.57.